The highest BCUT2D eigenvalue weighted by Crippen LogP contribution is 2.32. The first-order valence-corrected chi connectivity index (χ1v) is 10.0. The van der Waals surface area contributed by atoms with E-state index in [4.69, 9.17) is 0 Å². The Balaban J connectivity index is 1.32. The highest BCUT2D eigenvalue weighted by atomic mass is 16.2. The SMILES string of the molecule is O=C(NCc1ccccc1)N1CC[C@H]2CCN(Cc3ccccn3)CC[C@@H]21. The van der Waals surface area contributed by atoms with Gasteiger partial charge in [-0.15, -0.1) is 0 Å². The average Bonchev–Trinajstić information content (AvgIpc) is 3.02. The van der Waals surface area contributed by atoms with Crippen LogP contribution in [0.25, 0.3) is 0 Å². The van der Waals surface area contributed by atoms with Crippen molar-refractivity contribution in [3.63, 3.8) is 0 Å². The first-order chi connectivity index (χ1) is 13.3. The minimum Gasteiger partial charge on any atom is -0.334 e. The minimum atomic E-state index is 0.0875. The minimum absolute atomic E-state index is 0.0875. The standard InChI is InChI=1S/C22H28N4O/c27-22(24-16-18-6-2-1-3-7-18)26-15-10-19-9-13-25(14-11-21(19)26)17-20-8-4-5-12-23-20/h1-8,12,19,21H,9-11,13-17H2,(H,24,27)/t19-,21+/m1/s1. The van der Waals surface area contributed by atoms with Crippen LogP contribution in [0.1, 0.15) is 30.5 Å². The van der Waals surface area contributed by atoms with E-state index >= 15 is 0 Å². The van der Waals surface area contributed by atoms with Gasteiger partial charge in [0.1, 0.15) is 0 Å². The molecule has 0 radical (unpaired) electrons. The summed E-state index contributed by atoms with van der Waals surface area (Å²) < 4.78 is 0. The predicted molar refractivity (Wildman–Crippen MR) is 106 cm³/mol. The van der Waals surface area contributed by atoms with Gasteiger partial charge < -0.3 is 10.2 Å². The van der Waals surface area contributed by atoms with Crippen molar-refractivity contribution in [3.8, 4) is 0 Å². The Kier molecular flexibility index (Phi) is 5.68. The van der Waals surface area contributed by atoms with Gasteiger partial charge in [0, 0.05) is 38.4 Å². The Morgan fingerprint density at radius 2 is 1.78 bits per heavy atom. The number of carbonyl (C=O) groups excluding carboxylic acids is 1. The van der Waals surface area contributed by atoms with Crippen molar-refractivity contribution in [2.75, 3.05) is 19.6 Å². The van der Waals surface area contributed by atoms with E-state index in [1.807, 2.05) is 48.7 Å². The summed E-state index contributed by atoms with van der Waals surface area (Å²) in [6, 6.07) is 16.7. The van der Waals surface area contributed by atoms with E-state index in [9.17, 15) is 4.79 Å². The molecule has 2 saturated heterocycles. The summed E-state index contributed by atoms with van der Waals surface area (Å²) in [5.74, 6) is 0.626. The van der Waals surface area contributed by atoms with Gasteiger partial charge >= 0.3 is 6.03 Å². The molecule has 5 nitrogen and oxygen atoms in total. The summed E-state index contributed by atoms with van der Waals surface area (Å²) in [5, 5.41) is 3.11. The van der Waals surface area contributed by atoms with Crippen LogP contribution < -0.4 is 5.32 Å². The topological polar surface area (TPSA) is 48.5 Å². The largest absolute Gasteiger partial charge is 0.334 e. The van der Waals surface area contributed by atoms with Gasteiger partial charge in [-0.3, -0.25) is 9.88 Å². The van der Waals surface area contributed by atoms with Crippen LogP contribution in [-0.2, 0) is 13.1 Å². The van der Waals surface area contributed by atoms with E-state index in [2.05, 4.69) is 26.2 Å². The summed E-state index contributed by atoms with van der Waals surface area (Å²) in [6.45, 7) is 4.51. The molecule has 2 fully saturated rings. The lowest BCUT2D eigenvalue weighted by Crippen LogP contribution is -2.44. The molecule has 3 heterocycles. The maximum absolute atomic E-state index is 12.7. The molecule has 4 rings (SSSR count). The molecule has 2 aliphatic heterocycles. The molecule has 2 atom stereocenters. The Labute approximate surface area is 161 Å². The number of aromatic nitrogens is 1. The summed E-state index contributed by atoms with van der Waals surface area (Å²) in [7, 11) is 0. The lowest BCUT2D eigenvalue weighted by Gasteiger charge is -2.27. The lowest BCUT2D eigenvalue weighted by molar-refractivity contribution is 0.180. The van der Waals surface area contributed by atoms with Gasteiger partial charge in [0.2, 0.25) is 0 Å². The molecule has 0 saturated carbocycles. The molecule has 1 N–H and O–H groups in total. The fraction of sp³-hybridized carbons (Fsp3) is 0.455. The molecule has 27 heavy (non-hydrogen) atoms. The van der Waals surface area contributed by atoms with Gasteiger partial charge in [0.05, 0.1) is 5.69 Å². The van der Waals surface area contributed by atoms with E-state index in [1.54, 1.807) is 0 Å². The average molecular weight is 364 g/mol. The van der Waals surface area contributed by atoms with E-state index in [-0.39, 0.29) is 6.03 Å². The predicted octanol–water partition coefficient (Wildman–Crippen LogP) is 3.28. The van der Waals surface area contributed by atoms with E-state index in [1.165, 1.54) is 6.42 Å². The zero-order chi connectivity index (χ0) is 18.5. The van der Waals surface area contributed by atoms with Crippen LogP contribution >= 0.6 is 0 Å². The first kappa shape index (κ1) is 18.0. The molecule has 2 aromatic rings. The third-order valence-corrected chi connectivity index (χ3v) is 5.90. The Morgan fingerprint density at radius 1 is 1.00 bits per heavy atom. The number of carbonyl (C=O) groups is 1. The normalized spacial score (nSPS) is 22.9. The second-order valence-electron chi connectivity index (χ2n) is 7.63. The van der Waals surface area contributed by atoms with Crippen molar-refractivity contribution in [1.29, 1.82) is 0 Å². The third-order valence-electron chi connectivity index (χ3n) is 5.90. The molecule has 0 aliphatic carbocycles. The third kappa shape index (κ3) is 4.48. The zero-order valence-corrected chi connectivity index (χ0v) is 15.8. The maximum Gasteiger partial charge on any atom is 0.317 e. The van der Waals surface area contributed by atoms with Crippen molar-refractivity contribution in [2.45, 2.75) is 38.4 Å². The molecule has 1 aromatic carbocycles. The van der Waals surface area contributed by atoms with Crippen molar-refractivity contribution in [1.82, 2.24) is 20.1 Å². The highest BCUT2D eigenvalue weighted by Gasteiger charge is 2.38. The second kappa shape index (κ2) is 8.53. The zero-order valence-electron chi connectivity index (χ0n) is 15.8. The summed E-state index contributed by atoms with van der Waals surface area (Å²) in [4.78, 5) is 21.8. The number of amides is 2. The first-order valence-electron chi connectivity index (χ1n) is 10.0. The van der Waals surface area contributed by atoms with Crippen LogP contribution in [0.15, 0.2) is 54.7 Å². The number of nitrogens with one attached hydrogen (secondary N) is 1. The van der Waals surface area contributed by atoms with E-state index < -0.39 is 0 Å². The Morgan fingerprint density at radius 3 is 2.59 bits per heavy atom. The second-order valence-corrected chi connectivity index (χ2v) is 7.63. The molecular weight excluding hydrogens is 336 g/mol. The molecule has 2 amide bonds. The van der Waals surface area contributed by atoms with E-state index in [0.717, 1.165) is 50.3 Å². The fourth-order valence-electron chi connectivity index (χ4n) is 4.43. The van der Waals surface area contributed by atoms with Crippen molar-refractivity contribution >= 4 is 6.03 Å². The van der Waals surface area contributed by atoms with Crippen LogP contribution in [0.2, 0.25) is 0 Å². The van der Waals surface area contributed by atoms with Crippen molar-refractivity contribution in [2.24, 2.45) is 5.92 Å². The lowest BCUT2D eigenvalue weighted by atomic mass is 9.96. The molecule has 2 aliphatic rings. The van der Waals surface area contributed by atoms with Crippen molar-refractivity contribution < 1.29 is 4.79 Å². The molecule has 0 spiro atoms. The molecule has 5 heteroatoms. The van der Waals surface area contributed by atoms with Gasteiger partial charge in [0.15, 0.2) is 0 Å². The molecular formula is C22H28N4O. The highest BCUT2D eigenvalue weighted by molar-refractivity contribution is 5.75. The molecule has 142 valence electrons. The molecule has 0 unspecified atom stereocenters. The number of pyridine rings is 1. The van der Waals surface area contributed by atoms with Crippen LogP contribution in [0, 0.1) is 5.92 Å². The maximum atomic E-state index is 12.7. The number of nitrogens with zero attached hydrogens (tertiary/aromatic N) is 3. The van der Waals surface area contributed by atoms with Crippen LogP contribution in [0.5, 0.6) is 0 Å². The smallest absolute Gasteiger partial charge is 0.317 e. The summed E-state index contributed by atoms with van der Waals surface area (Å²) >= 11 is 0. The Bertz CT molecular complexity index is 736. The Hall–Kier alpha value is -2.40. The van der Waals surface area contributed by atoms with Gasteiger partial charge in [-0.25, -0.2) is 4.79 Å². The number of rotatable bonds is 4. The fourth-order valence-corrected chi connectivity index (χ4v) is 4.43. The van der Waals surface area contributed by atoms with E-state index in [0.29, 0.717) is 18.5 Å². The van der Waals surface area contributed by atoms with Crippen LogP contribution in [0.3, 0.4) is 0 Å². The number of fused-ring (bicyclic) bond motifs is 1. The summed E-state index contributed by atoms with van der Waals surface area (Å²) in [5.41, 5.74) is 2.27. The number of hydrogen-bond acceptors (Lipinski definition) is 3. The number of likely N-dealkylation sites (tertiary alicyclic amines) is 2. The van der Waals surface area contributed by atoms with Gasteiger partial charge in [-0.2, -0.15) is 0 Å². The number of urea groups is 1. The van der Waals surface area contributed by atoms with Gasteiger partial charge in [-0.1, -0.05) is 36.4 Å². The monoisotopic (exact) mass is 364 g/mol. The summed E-state index contributed by atoms with van der Waals surface area (Å²) in [6.07, 6.45) is 5.21. The van der Waals surface area contributed by atoms with Gasteiger partial charge in [0.25, 0.3) is 0 Å². The van der Waals surface area contributed by atoms with Crippen molar-refractivity contribution in [3.05, 3.63) is 66.0 Å². The number of hydrogen-bond donors (Lipinski definition) is 1. The van der Waals surface area contributed by atoms with Crippen LogP contribution in [-0.4, -0.2) is 46.5 Å². The number of benzene rings is 1. The molecule has 1 aromatic heterocycles. The quantitative estimate of drug-likeness (QED) is 0.906. The van der Waals surface area contributed by atoms with Gasteiger partial charge in [-0.05, 0) is 49.4 Å². The van der Waals surface area contributed by atoms with Crippen LogP contribution in [0.4, 0.5) is 4.79 Å². The molecule has 0 bridgehead atoms.